The maximum atomic E-state index is 12.4. The molecular weight excluding hydrogens is 278 g/mol. The first-order chi connectivity index (χ1) is 9.98. The van der Waals surface area contributed by atoms with Gasteiger partial charge in [-0.2, -0.15) is 0 Å². The van der Waals surface area contributed by atoms with E-state index in [9.17, 15) is 20.0 Å². The maximum Gasteiger partial charge on any atom is 0.271 e. The molecule has 0 spiro atoms. The molecule has 3 N–H and O–H groups in total. The molecule has 0 bridgehead atoms. The van der Waals surface area contributed by atoms with Gasteiger partial charge in [0, 0.05) is 25.8 Å². The number of non-ortho nitro benzene ring substituents is 1. The summed E-state index contributed by atoms with van der Waals surface area (Å²) in [5.41, 5.74) is -0.906. The average Bonchev–Trinajstić information content (AvgIpc) is 2.91. The standard InChI is InChI=1S/C13H17N3O5/c1-21-8-13(4-5-14-7-13)12(18)15-10-6-9(16(19)20)2-3-11(10)17/h2-3,6,14,17H,4-5,7-8H2,1H3,(H,15,18). The second-order valence-electron chi connectivity index (χ2n) is 5.05. The van der Waals surface area contributed by atoms with Gasteiger partial charge >= 0.3 is 0 Å². The molecule has 2 rings (SSSR count). The highest BCUT2D eigenvalue weighted by atomic mass is 16.6. The first-order valence-corrected chi connectivity index (χ1v) is 6.47. The van der Waals surface area contributed by atoms with Crippen LogP contribution in [0.4, 0.5) is 11.4 Å². The van der Waals surface area contributed by atoms with Crippen molar-refractivity contribution in [3.8, 4) is 5.75 Å². The molecule has 1 aromatic rings. The average molecular weight is 295 g/mol. The van der Waals surface area contributed by atoms with E-state index in [-0.39, 0.29) is 29.6 Å². The zero-order chi connectivity index (χ0) is 15.5. The third kappa shape index (κ3) is 3.11. The van der Waals surface area contributed by atoms with E-state index in [0.717, 1.165) is 6.07 Å². The third-order valence-electron chi connectivity index (χ3n) is 3.59. The molecule has 1 heterocycles. The van der Waals surface area contributed by atoms with Crippen LogP contribution in [-0.2, 0) is 9.53 Å². The van der Waals surface area contributed by atoms with Crippen molar-refractivity contribution < 1.29 is 19.6 Å². The van der Waals surface area contributed by atoms with Crippen LogP contribution in [0.2, 0.25) is 0 Å². The predicted octanol–water partition coefficient (Wildman–Crippen LogP) is 0.865. The summed E-state index contributed by atoms with van der Waals surface area (Å²) in [5.74, 6) is -0.544. The number of nitro groups is 1. The van der Waals surface area contributed by atoms with Crippen LogP contribution >= 0.6 is 0 Å². The van der Waals surface area contributed by atoms with Crippen molar-refractivity contribution in [3.63, 3.8) is 0 Å². The summed E-state index contributed by atoms with van der Waals surface area (Å²) in [6.45, 7) is 1.39. The van der Waals surface area contributed by atoms with Crippen molar-refractivity contribution in [3.05, 3.63) is 28.3 Å². The number of benzene rings is 1. The first-order valence-electron chi connectivity index (χ1n) is 6.47. The number of phenolic OH excluding ortho intramolecular Hbond substituents is 1. The van der Waals surface area contributed by atoms with Gasteiger partial charge in [0.05, 0.1) is 22.6 Å². The fraction of sp³-hybridized carbons (Fsp3) is 0.462. The van der Waals surface area contributed by atoms with E-state index in [1.165, 1.54) is 19.2 Å². The van der Waals surface area contributed by atoms with Gasteiger partial charge < -0.3 is 20.5 Å². The van der Waals surface area contributed by atoms with Crippen molar-refractivity contribution in [2.75, 3.05) is 32.1 Å². The number of hydrogen-bond acceptors (Lipinski definition) is 6. The highest BCUT2D eigenvalue weighted by molar-refractivity contribution is 5.97. The van der Waals surface area contributed by atoms with Crippen LogP contribution in [0.3, 0.4) is 0 Å². The van der Waals surface area contributed by atoms with E-state index in [2.05, 4.69) is 10.6 Å². The van der Waals surface area contributed by atoms with Crippen LogP contribution in [0, 0.1) is 15.5 Å². The molecule has 114 valence electrons. The summed E-state index contributed by atoms with van der Waals surface area (Å²) in [5, 5.41) is 26.1. The molecule has 1 saturated heterocycles. The van der Waals surface area contributed by atoms with Gasteiger partial charge in [0.25, 0.3) is 5.69 Å². The molecule has 21 heavy (non-hydrogen) atoms. The van der Waals surface area contributed by atoms with Crippen LogP contribution in [0.15, 0.2) is 18.2 Å². The molecule has 1 aliphatic rings. The Balaban J connectivity index is 2.22. The smallest absolute Gasteiger partial charge is 0.271 e. The fourth-order valence-electron chi connectivity index (χ4n) is 2.40. The SMILES string of the molecule is COCC1(C(=O)Nc2cc([N+](=O)[O-])ccc2O)CCNC1. The van der Waals surface area contributed by atoms with Crippen molar-refractivity contribution in [2.45, 2.75) is 6.42 Å². The minimum Gasteiger partial charge on any atom is -0.506 e. The minimum atomic E-state index is -0.730. The summed E-state index contributed by atoms with van der Waals surface area (Å²) in [6.07, 6.45) is 0.600. The number of rotatable bonds is 5. The zero-order valence-corrected chi connectivity index (χ0v) is 11.6. The maximum absolute atomic E-state index is 12.4. The molecule has 1 aliphatic heterocycles. The number of aromatic hydroxyl groups is 1. The third-order valence-corrected chi connectivity index (χ3v) is 3.59. The number of anilines is 1. The quantitative estimate of drug-likeness (QED) is 0.422. The lowest BCUT2D eigenvalue weighted by atomic mass is 9.87. The van der Waals surface area contributed by atoms with E-state index in [4.69, 9.17) is 4.74 Å². The van der Waals surface area contributed by atoms with Crippen molar-refractivity contribution in [1.29, 1.82) is 0 Å². The first kappa shape index (κ1) is 15.2. The van der Waals surface area contributed by atoms with Gasteiger partial charge in [0.2, 0.25) is 5.91 Å². The molecule has 0 radical (unpaired) electrons. The van der Waals surface area contributed by atoms with E-state index in [0.29, 0.717) is 19.5 Å². The topological polar surface area (TPSA) is 114 Å². The molecule has 0 aliphatic carbocycles. The number of amides is 1. The summed E-state index contributed by atoms with van der Waals surface area (Å²) in [6, 6.07) is 3.49. The summed E-state index contributed by atoms with van der Waals surface area (Å²) in [7, 11) is 1.51. The number of hydrogen-bond donors (Lipinski definition) is 3. The molecule has 1 atom stereocenters. The van der Waals surface area contributed by atoms with E-state index in [1.807, 2.05) is 0 Å². The Kier molecular flexibility index (Phi) is 4.39. The van der Waals surface area contributed by atoms with E-state index in [1.54, 1.807) is 0 Å². The number of nitrogens with zero attached hydrogens (tertiary/aromatic N) is 1. The highest BCUT2D eigenvalue weighted by Gasteiger charge is 2.41. The van der Waals surface area contributed by atoms with Gasteiger partial charge in [-0.25, -0.2) is 0 Å². The Morgan fingerprint density at radius 2 is 2.38 bits per heavy atom. The molecule has 1 aromatic carbocycles. The zero-order valence-electron chi connectivity index (χ0n) is 11.6. The van der Waals surface area contributed by atoms with Crippen LogP contribution in [0.1, 0.15) is 6.42 Å². The molecule has 1 fully saturated rings. The monoisotopic (exact) mass is 295 g/mol. The lowest BCUT2D eigenvalue weighted by molar-refractivity contribution is -0.384. The minimum absolute atomic E-state index is 0.0246. The second-order valence-corrected chi connectivity index (χ2v) is 5.05. The number of nitrogens with one attached hydrogen (secondary N) is 2. The van der Waals surface area contributed by atoms with Gasteiger partial charge in [-0.3, -0.25) is 14.9 Å². The van der Waals surface area contributed by atoms with Gasteiger partial charge in [-0.05, 0) is 19.0 Å². The largest absolute Gasteiger partial charge is 0.506 e. The van der Waals surface area contributed by atoms with Crippen molar-refractivity contribution in [2.24, 2.45) is 5.41 Å². The van der Waals surface area contributed by atoms with E-state index < -0.39 is 10.3 Å². The number of ether oxygens (including phenoxy) is 1. The summed E-state index contributed by atoms with van der Waals surface area (Å²) < 4.78 is 5.11. The van der Waals surface area contributed by atoms with Crippen LogP contribution in [-0.4, -0.2) is 42.7 Å². The lowest BCUT2D eigenvalue weighted by Crippen LogP contribution is -2.41. The van der Waals surface area contributed by atoms with Gasteiger partial charge in [-0.1, -0.05) is 0 Å². The number of carbonyl (C=O) groups excluding carboxylic acids is 1. The molecule has 1 amide bonds. The normalized spacial score (nSPS) is 21.2. The van der Waals surface area contributed by atoms with Crippen molar-refractivity contribution >= 4 is 17.3 Å². The predicted molar refractivity (Wildman–Crippen MR) is 75.2 cm³/mol. The molecular formula is C13H17N3O5. The Bertz CT molecular complexity index is 555. The Hall–Kier alpha value is -2.19. The number of nitro benzene ring substituents is 1. The number of carbonyl (C=O) groups is 1. The molecule has 1 unspecified atom stereocenters. The molecule has 8 nitrogen and oxygen atoms in total. The highest BCUT2D eigenvalue weighted by Crippen LogP contribution is 2.32. The van der Waals surface area contributed by atoms with Gasteiger partial charge in [0.1, 0.15) is 5.75 Å². The second kappa shape index (κ2) is 6.06. The Morgan fingerprint density at radius 3 is 2.95 bits per heavy atom. The molecule has 0 aromatic heterocycles. The fourth-order valence-corrected chi connectivity index (χ4v) is 2.40. The van der Waals surface area contributed by atoms with Crippen molar-refractivity contribution in [1.82, 2.24) is 5.32 Å². The van der Waals surface area contributed by atoms with E-state index >= 15 is 0 Å². The molecule has 0 saturated carbocycles. The van der Waals surface area contributed by atoms with Crippen LogP contribution in [0.25, 0.3) is 0 Å². The Labute approximate surface area is 121 Å². The summed E-state index contributed by atoms with van der Waals surface area (Å²) >= 11 is 0. The van der Waals surface area contributed by atoms with Crippen LogP contribution < -0.4 is 10.6 Å². The Morgan fingerprint density at radius 1 is 1.62 bits per heavy atom. The van der Waals surface area contributed by atoms with Gasteiger partial charge in [-0.15, -0.1) is 0 Å². The van der Waals surface area contributed by atoms with Crippen LogP contribution in [0.5, 0.6) is 5.75 Å². The molecule has 8 heteroatoms. The summed E-state index contributed by atoms with van der Waals surface area (Å²) in [4.78, 5) is 22.6. The number of phenols is 1. The lowest BCUT2D eigenvalue weighted by Gasteiger charge is -2.26. The number of methoxy groups -OCH3 is 1. The van der Waals surface area contributed by atoms with Gasteiger partial charge in [0.15, 0.2) is 0 Å².